The molecule has 134 valence electrons. The molecule has 7 nitrogen and oxygen atoms in total. The quantitative estimate of drug-likeness (QED) is 0.679. The van der Waals surface area contributed by atoms with Crippen molar-refractivity contribution in [1.82, 2.24) is 10.6 Å². The first kappa shape index (κ1) is 18.4. The van der Waals surface area contributed by atoms with Gasteiger partial charge in [-0.05, 0) is 30.7 Å². The van der Waals surface area contributed by atoms with Crippen LogP contribution in [0, 0.1) is 0 Å². The molecule has 2 rings (SSSR count). The molecule has 0 unspecified atom stereocenters. The highest BCUT2D eigenvalue weighted by Crippen LogP contribution is 2.24. The molecule has 0 aliphatic heterocycles. The first-order valence-corrected chi connectivity index (χ1v) is 7.93. The first-order valence-electron chi connectivity index (χ1n) is 7.93. The molecule has 0 aliphatic rings. The third kappa shape index (κ3) is 5.56. The molecule has 7 heteroatoms. The molecule has 0 fully saturated rings. The third-order valence-electron chi connectivity index (χ3n) is 3.58. The smallest absolute Gasteiger partial charge is 0.286 e. The van der Waals surface area contributed by atoms with E-state index in [4.69, 9.17) is 13.9 Å². The predicted octanol–water partition coefficient (Wildman–Crippen LogP) is 2.12. The summed E-state index contributed by atoms with van der Waals surface area (Å²) < 4.78 is 15.4. The molecule has 2 aromatic rings. The van der Waals surface area contributed by atoms with Gasteiger partial charge in [0.25, 0.3) is 5.91 Å². The third-order valence-corrected chi connectivity index (χ3v) is 3.58. The van der Waals surface area contributed by atoms with Gasteiger partial charge in [0.1, 0.15) is 11.5 Å². The Morgan fingerprint density at radius 1 is 1.12 bits per heavy atom. The Balaban J connectivity index is 1.69. The molecule has 0 radical (unpaired) electrons. The van der Waals surface area contributed by atoms with E-state index in [-0.39, 0.29) is 17.6 Å². The van der Waals surface area contributed by atoms with E-state index in [0.717, 1.165) is 5.56 Å². The number of ether oxygens (including phenoxy) is 2. The van der Waals surface area contributed by atoms with Crippen LogP contribution in [0.4, 0.5) is 0 Å². The maximum atomic E-state index is 11.9. The van der Waals surface area contributed by atoms with E-state index in [1.54, 1.807) is 32.4 Å². The Kier molecular flexibility index (Phi) is 6.88. The lowest BCUT2D eigenvalue weighted by molar-refractivity contribution is -0.121. The van der Waals surface area contributed by atoms with Gasteiger partial charge in [-0.3, -0.25) is 9.59 Å². The number of amides is 2. The normalized spacial score (nSPS) is 10.2. The van der Waals surface area contributed by atoms with Crippen molar-refractivity contribution in [3.8, 4) is 11.5 Å². The molecule has 1 heterocycles. The van der Waals surface area contributed by atoms with E-state index in [1.165, 1.54) is 6.26 Å². The summed E-state index contributed by atoms with van der Waals surface area (Å²) in [5.74, 6) is 1.24. The molecule has 0 bridgehead atoms. The van der Waals surface area contributed by atoms with Crippen molar-refractivity contribution in [2.24, 2.45) is 0 Å². The lowest BCUT2D eigenvalue weighted by Gasteiger charge is -2.11. The Morgan fingerprint density at radius 2 is 1.96 bits per heavy atom. The van der Waals surface area contributed by atoms with Crippen molar-refractivity contribution in [1.29, 1.82) is 0 Å². The summed E-state index contributed by atoms with van der Waals surface area (Å²) in [6.45, 7) is 0.767. The van der Waals surface area contributed by atoms with Crippen molar-refractivity contribution in [2.45, 2.75) is 19.4 Å². The topological polar surface area (TPSA) is 89.8 Å². The van der Waals surface area contributed by atoms with Crippen molar-refractivity contribution < 1.29 is 23.5 Å². The van der Waals surface area contributed by atoms with Crippen molar-refractivity contribution in [3.05, 3.63) is 47.9 Å². The average molecular weight is 346 g/mol. The molecule has 0 atom stereocenters. The van der Waals surface area contributed by atoms with Crippen LogP contribution in [-0.4, -0.2) is 32.6 Å². The summed E-state index contributed by atoms with van der Waals surface area (Å²) in [6, 6.07) is 8.67. The highest BCUT2D eigenvalue weighted by Gasteiger charge is 2.09. The zero-order valence-electron chi connectivity index (χ0n) is 14.3. The minimum Gasteiger partial charge on any atom is -0.497 e. The fraction of sp³-hybridized carbons (Fsp3) is 0.333. The maximum absolute atomic E-state index is 11.9. The summed E-state index contributed by atoms with van der Waals surface area (Å²) in [4.78, 5) is 23.6. The van der Waals surface area contributed by atoms with Crippen LogP contribution in [0.1, 0.15) is 29.0 Å². The molecule has 0 spiro atoms. The van der Waals surface area contributed by atoms with Crippen molar-refractivity contribution in [2.75, 3.05) is 20.8 Å². The van der Waals surface area contributed by atoms with Gasteiger partial charge < -0.3 is 24.5 Å². The monoisotopic (exact) mass is 346 g/mol. The number of nitrogens with one attached hydrogen (secondary N) is 2. The molecule has 0 saturated heterocycles. The lowest BCUT2D eigenvalue weighted by atomic mass is 10.2. The molecule has 2 amide bonds. The van der Waals surface area contributed by atoms with Gasteiger partial charge in [0.15, 0.2) is 5.76 Å². The predicted molar refractivity (Wildman–Crippen MR) is 91.7 cm³/mol. The fourth-order valence-electron chi connectivity index (χ4n) is 2.23. The van der Waals surface area contributed by atoms with Crippen LogP contribution >= 0.6 is 0 Å². The minimum atomic E-state index is -0.284. The van der Waals surface area contributed by atoms with E-state index in [0.29, 0.717) is 37.4 Å². The zero-order chi connectivity index (χ0) is 18.1. The van der Waals surface area contributed by atoms with Gasteiger partial charge >= 0.3 is 0 Å². The largest absolute Gasteiger partial charge is 0.497 e. The zero-order valence-corrected chi connectivity index (χ0v) is 14.3. The van der Waals surface area contributed by atoms with E-state index < -0.39 is 0 Å². The summed E-state index contributed by atoms with van der Waals surface area (Å²) in [6.07, 6.45) is 2.30. The molecule has 0 aliphatic carbocycles. The molecule has 0 saturated carbocycles. The van der Waals surface area contributed by atoms with E-state index in [2.05, 4.69) is 10.6 Å². The van der Waals surface area contributed by atoms with Crippen LogP contribution in [-0.2, 0) is 11.3 Å². The summed E-state index contributed by atoms with van der Waals surface area (Å²) in [7, 11) is 3.16. The standard InChI is InChI=1S/C18H22N2O5/c1-23-14-8-7-13(16(11-14)24-2)12-20-17(21)6-3-9-19-18(22)15-5-4-10-25-15/h4-5,7-8,10-11H,3,6,9,12H2,1-2H3,(H,19,22)(H,20,21). The van der Waals surface area contributed by atoms with Crippen molar-refractivity contribution in [3.63, 3.8) is 0 Å². The van der Waals surface area contributed by atoms with Gasteiger partial charge in [-0.15, -0.1) is 0 Å². The fourth-order valence-corrected chi connectivity index (χ4v) is 2.23. The molecule has 2 N–H and O–H groups in total. The average Bonchev–Trinajstić information content (AvgIpc) is 3.18. The molecule has 25 heavy (non-hydrogen) atoms. The van der Waals surface area contributed by atoms with Crippen LogP contribution in [0.2, 0.25) is 0 Å². The Labute approximate surface area is 146 Å². The maximum Gasteiger partial charge on any atom is 0.286 e. The first-order chi connectivity index (χ1) is 12.1. The van der Waals surface area contributed by atoms with Crippen LogP contribution in [0.5, 0.6) is 11.5 Å². The van der Waals surface area contributed by atoms with Gasteiger partial charge in [0.05, 0.1) is 20.5 Å². The van der Waals surface area contributed by atoms with Crippen LogP contribution in [0.15, 0.2) is 41.0 Å². The second-order valence-electron chi connectivity index (χ2n) is 5.29. The number of hydrogen-bond acceptors (Lipinski definition) is 5. The van der Waals surface area contributed by atoms with Crippen molar-refractivity contribution >= 4 is 11.8 Å². The molecular weight excluding hydrogens is 324 g/mol. The van der Waals surface area contributed by atoms with Gasteiger partial charge in [-0.1, -0.05) is 0 Å². The number of carbonyl (C=O) groups excluding carboxylic acids is 2. The van der Waals surface area contributed by atoms with E-state index >= 15 is 0 Å². The molecule has 1 aromatic heterocycles. The van der Waals surface area contributed by atoms with Gasteiger partial charge in [-0.25, -0.2) is 0 Å². The Hall–Kier alpha value is -2.96. The number of furan rings is 1. The van der Waals surface area contributed by atoms with E-state index in [1.807, 2.05) is 12.1 Å². The summed E-state index contributed by atoms with van der Waals surface area (Å²) >= 11 is 0. The highest BCUT2D eigenvalue weighted by atomic mass is 16.5. The van der Waals surface area contributed by atoms with Crippen LogP contribution < -0.4 is 20.1 Å². The second kappa shape index (κ2) is 9.36. The molecular formula is C18H22N2O5. The Morgan fingerprint density at radius 3 is 2.64 bits per heavy atom. The summed E-state index contributed by atoms with van der Waals surface area (Å²) in [5, 5.41) is 5.53. The number of carbonyl (C=O) groups is 2. The lowest BCUT2D eigenvalue weighted by Crippen LogP contribution is -2.27. The second-order valence-corrected chi connectivity index (χ2v) is 5.29. The van der Waals surface area contributed by atoms with Gasteiger partial charge in [0, 0.05) is 31.1 Å². The number of benzene rings is 1. The number of hydrogen-bond donors (Lipinski definition) is 2. The SMILES string of the molecule is COc1ccc(CNC(=O)CCCNC(=O)c2ccco2)c(OC)c1. The van der Waals surface area contributed by atoms with E-state index in [9.17, 15) is 9.59 Å². The molecule has 1 aromatic carbocycles. The van der Waals surface area contributed by atoms with Gasteiger partial charge in [-0.2, -0.15) is 0 Å². The highest BCUT2D eigenvalue weighted by molar-refractivity contribution is 5.91. The number of methoxy groups -OCH3 is 2. The van der Waals surface area contributed by atoms with Crippen LogP contribution in [0.25, 0.3) is 0 Å². The van der Waals surface area contributed by atoms with Gasteiger partial charge in [0.2, 0.25) is 5.91 Å². The Bertz CT molecular complexity index is 697. The minimum absolute atomic E-state index is 0.0925. The van der Waals surface area contributed by atoms with Crippen LogP contribution in [0.3, 0.4) is 0 Å². The summed E-state index contributed by atoms with van der Waals surface area (Å²) in [5.41, 5.74) is 0.864. The number of rotatable bonds is 9.